The fourth-order valence-corrected chi connectivity index (χ4v) is 2.57. The van der Waals surface area contributed by atoms with Crippen LogP contribution in [-0.2, 0) is 11.2 Å². The summed E-state index contributed by atoms with van der Waals surface area (Å²) in [6, 6.07) is 7.36. The maximum atomic E-state index is 12.1. The highest BCUT2D eigenvalue weighted by molar-refractivity contribution is 5.80. The Morgan fingerprint density at radius 1 is 1.41 bits per heavy atom. The van der Waals surface area contributed by atoms with Gasteiger partial charge in [0.05, 0.1) is 6.42 Å². The number of hydrogen-bond acceptors (Lipinski definition) is 2. The topological polar surface area (TPSA) is 40.5 Å². The molecule has 1 aromatic carbocycles. The van der Waals surface area contributed by atoms with Gasteiger partial charge in [0.1, 0.15) is 5.75 Å². The van der Waals surface area contributed by atoms with Crippen molar-refractivity contribution in [3.8, 4) is 5.75 Å². The molecule has 0 aliphatic carbocycles. The van der Waals surface area contributed by atoms with Crippen molar-refractivity contribution in [3.05, 3.63) is 29.8 Å². The first-order chi connectivity index (χ1) is 8.08. The number of phenolic OH excluding ortho intramolecular Hbond substituents is 1. The molecule has 92 valence electrons. The van der Waals surface area contributed by atoms with E-state index in [4.69, 9.17) is 0 Å². The molecule has 2 rings (SSSR count). The van der Waals surface area contributed by atoms with Gasteiger partial charge in [-0.3, -0.25) is 4.79 Å². The van der Waals surface area contributed by atoms with Crippen LogP contribution in [0.1, 0.15) is 25.8 Å². The number of nitrogens with zero attached hydrogens (tertiary/aromatic N) is 1. The average Bonchev–Trinajstić information content (AvgIpc) is 2.61. The standard InChI is InChI=1S/C14H19NO2/c1-10-7-11(2)15(9-10)14(17)8-12-5-3-4-6-13(12)16/h3-6,10-11,16H,7-9H2,1-2H3. The summed E-state index contributed by atoms with van der Waals surface area (Å²) in [5.41, 5.74) is 0.712. The van der Waals surface area contributed by atoms with E-state index in [1.54, 1.807) is 18.2 Å². The molecule has 0 aromatic heterocycles. The van der Waals surface area contributed by atoms with Gasteiger partial charge < -0.3 is 10.0 Å². The van der Waals surface area contributed by atoms with Gasteiger partial charge in [0.15, 0.2) is 0 Å². The van der Waals surface area contributed by atoms with E-state index in [2.05, 4.69) is 13.8 Å². The van der Waals surface area contributed by atoms with Gasteiger partial charge in [0.25, 0.3) is 0 Å². The van der Waals surface area contributed by atoms with Gasteiger partial charge in [0, 0.05) is 18.2 Å². The number of hydrogen-bond donors (Lipinski definition) is 1. The summed E-state index contributed by atoms with van der Waals surface area (Å²) in [6.07, 6.45) is 1.37. The van der Waals surface area contributed by atoms with Crippen molar-refractivity contribution in [1.29, 1.82) is 0 Å². The fourth-order valence-electron chi connectivity index (χ4n) is 2.57. The number of para-hydroxylation sites is 1. The van der Waals surface area contributed by atoms with Crippen molar-refractivity contribution in [3.63, 3.8) is 0 Å². The third kappa shape index (κ3) is 2.60. The smallest absolute Gasteiger partial charge is 0.227 e. The SMILES string of the molecule is CC1CC(C)N(C(=O)Cc2ccccc2O)C1. The van der Waals surface area contributed by atoms with Gasteiger partial charge in [-0.05, 0) is 25.3 Å². The largest absolute Gasteiger partial charge is 0.508 e. The number of aromatic hydroxyl groups is 1. The molecule has 1 heterocycles. The number of likely N-dealkylation sites (tertiary alicyclic amines) is 1. The highest BCUT2D eigenvalue weighted by atomic mass is 16.3. The average molecular weight is 233 g/mol. The predicted octanol–water partition coefficient (Wildman–Crippen LogP) is 2.19. The van der Waals surface area contributed by atoms with E-state index in [-0.39, 0.29) is 11.7 Å². The number of amides is 1. The second-order valence-corrected chi connectivity index (χ2v) is 5.04. The number of benzene rings is 1. The van der Waals surface area contributed by atoms with Gasteiger partial charge >= 0.3 is 0 Å². The molecule has 0 saturated carbocycles. The van der Waals surface area contributed by atoms with Crippen LogP contribution >= 0.6 is 0 Å². The summed E-state index contributed by atoms with van der Waals surface area (Å²) in [4.78, 5) is 14.1. The van der Waals surface area contributed by atoms with Crippen LogP contribution in [0.3, 0.4) is 0 Å². The van der Waals surface area contributed by atoms with Gasteiger partial charge in [-0.25, -0.2) is 0 Å². The lowest BCUT2D eigenvalue weighted by atomic mass is 10.1. The summed E-state index contributed by atoms with van der Waals surface area (Å²) in [5.74, 6) is 0.905. The number of carbonyl (C=O) groups excluding carboxylic acids is 1. The molecule has 3 heteroatoms. The molecule has 0 spiro atoms. The Morgan fingerprint density at radius 2 is 2.12 bits per heavy atom. The van der Waals surface area contributed by atoms with Crippen LogP contribution in [-0.4, -0.2) is 28.5 Å². The first-order valence-corrected chi connectivity index (χ1v) is 6.14. The first-order valence-electron chi connectivity index (χ1n) is 6.14. The van der Waals surface area contributed by atoms with Crippen LogP contribution in [0.15, 0.2) is 24.3 Å². The van der Waals surface area contributed by atoms with Crippen LogP contribution in [0.25, 0.3) is 0 Å². The number of carbonyl (C=O) groups is 1. The Labute approximate surface area is 102 Å². The maximum absolute atomic E-state index is 12.1. The maximum Gasteiger partial charge on any atom is 0.227 e. The van der Waals surface area contributed by atoms with Crippen LogP contribution in [0, 0.1) is 5.92 Å². The zero-order valence-corrected chi connectivity index (χ0v) is 10.4. The van der Waals surface area contributed by atoms with Gasteiger partial charge in [0.2, 0.25) is 5.91 Å². The molecule has 3 nitrogen and oxygen atoms in total. The summed E-state index contributed by atoms with van der Waals surface area (Å²) in [5, 5.41) is 9.65. The van der Waals surface area contributed by atoms with Gasteiger partial charge in [-0.15, -0.1) is 0 Å². The molecular weight excluding hydrogens is 214 g/mol. The van der Waals surface area contributed by atoms with Crippen LogP contribution < -0.4 is 0 Å². The monoisotopic (exact) mass is 233 g/mol. The lowest BCUT2D eigenvalue weighted by Crippen LogP contribution is -2.35. The third-order valence-electron chi connectivity index (χ3n) is 3.44. The Morgan fingerprint density at radius 3 is 2.71 bits per heavy atom. The molecule has 1 fully saturated rings. The second kappa shape index (κ2) is 4.78. The minimum atomic E-state index is 0.114. The van der Waals surface area contributed by atoms with Gasteiger partial charge in [-0.1, -0.05) is 25.1 Å². The van der Waals surface area contributed by atoms with E-state index in [1.807, 2.05) is 11.0 Å². The minimum Gasteiger partial charge on any atom is -0.508 e. The van der Waals surface area contributed by atoms with Crippen molar-refractivity contribution >= 4 is 5.91 Å². The van der Waals surface area contributed by atoms with E-state index in [0.717, 1.165) is 13.0 Å². The lowest BCUT2D eigenvalue weighted by molar-refractivity contribution is -0.131. The number of phenols is 1. The minimum absolute atomic E-state index is 0.114. The zero-order valence-electron chi connectivity index (χ0n) is 10.4. The molecule has 0 bridgehead atoms. The second-order valence-electron chi connectivity index (χ2n) is 5.04. The van der Waals surface area contributed by atoms with E-state index >= 15 is 0 Å². The van der Waals surface area contributed by atoms with Crippen LogP contribution in [0.4, 0.5) is 0 Å². The number of rotatable bonds is 2. The molecule has 17 heavy (non-hydrogen) atoms. The van der Waals surface area contributed by atoms with Crippen molar-refractivity contribution in [1.82, 2.24) is 4.90 Å². The summed E-state index contributed by atoms with van der Waals surface area (Å²) >= 11 is 0. The van der Waals surface area contributed by atoms with Crippen molar-refractivity contribution < 1.29 is 9.90 Å². The Hall–Kier alpha value is -1.51. The molecule has 1 aliphatic heterocycles. The quantitative estimate of drug-likeness (QED) is 0.850. The van der Waals surface area contributed by atoms with E-state index < -0.39 is 0 Å². The highest BCUT2D eigenvalue weighted by Crippen LogP contribution is 2.24. The normalized spacial score (nSPS) is 24.0. The molecule has 0 radical (unpaired) electrons. The molecule has 1 aliphatic rings. The molecule has 1 N–H and O–H groups in total. The molecule has 1 amide bonds. The Kier molecular flexibility index (Phi) is 3.36. The Balaban J connectivity index is 2.05. The van der Waals surface area contributed by atoms with E-state index in [9.17, 15) is 9.90 Å². The summed E-state index contributed by atoms with van der Waals surface area (Å²) < 4.78 is 0. The first kappa shape index (κ1) is 12.0. The molecule has 2 atom stereocenters. The van der Waals surface area contributed by atoms with Crippen molar-refractivity contribution in [2.75, 3.05) is 6.54 Å². The predicted molar refractivity (Wildman–Crippen MR) is 66.8 cm³/mol. The van der Waals surface area contributed by atoms with Crippen LogP contribution in [0.2, 0.25) is 0 Å². The zero-order chi connectivity index (χ0) is 12.4. The lowest BCUT2D eigenvalue weighted by Gasteiger charge is -2.21. The molecule has 1 saturated heterocycles. The Bertz CT molecular complexity index is 416. The van der Waals surface area contributed by atoms with E-state index in [1.165, 1.54) is 0 Å². The van der Waals surface area contributed by atoms with E-state index in [0.29, 0.717) is 23.9 Å². The molecular formula is C14H19NO2. The third-order valence-corrected chi connectivity index (χ3v) is 3.44. The van der Waals surface area contributed by atoms with Gasteiger partial charge in [-0.2, -0.15) is 0 Å². The molecule has 2 unspecified atom stereocenters. The summed E-state index contributed by atoms with van der Waals surface area (Å²) in [6.45, 7) is 5.10. The summed E-state index contributed by atoms with van der Waals surface area (Å²) in [7, 11) is 0. The van der Waals surface area contributed by atoms with Crippen LogP contribution in [0.5, 0.6) is 5.75 Å². The van der Waals surface area contributed by atoms with Crippen molar-refractivity contribution in [2.45, 2.75) is 32.7 Å². The van der Waals surface area contributed by atoms with Crippen molar-refractivity contribution in [2.24, 2.45) is 5.92 Å². The molecule has 1 aromatic rings. The fraction of sp³-hybridized carbons (Fsp3) is 0.500. The highest BCUT2D eigenvalue weighted by Gasteiger charge is 2.29.